The van der Waals surface area contributed by atoms with Crippen molar-refractivity contribution in [2.45, 2.75) is 83.8 Å². The first-order chi connectivity index (χ1) is 9.72. The minimum absolute atomic E-state index is 0.740. The van der Waals surface area contributed by atoms with Gasteiger partial charge in [-0.05, 0) is 56.8 Å². The number of fused-ring (bicyclic) bond motifs is 2. The van der Waals surface area contributed by atoms with Crippen molar-refractivity contribution in [1.82, 2.24) is 10.2 Å². The van der Waals surface area contributed by atoms with Gasteiger partial charge >= 0.3 is 0 Å². The van der Waals surface area contributed by atoms with Crippen LogP contribution in [0.3, 0.4) is 0 Å². The standard InChI is InChI=1S/C18H34N2/c1-4-6-16-12-20(17(5-2)11-19-16)13(3)18-10-14-7-8-15(18)9-14/h13-19H,4-12H2,1-3H3. The third-order valence-electron chi connectivity index (χ3n) is 6.59. The van der Waals surface area contributed by atoms with E-state index in [9.17, 15) is 0 Å². The summed E-state index contributed by atoms with van der Waals surface area (Å²) in [7, 11) is 0. The molecule has 2 nitrogen and oxygen atoms in total. The van der Waals surface area contributed by atoms with Gasteiger partial charge in [-0.3, -0.25) is 4.90 Å². The highest BCUT2D eigenvalue weighted by atomic mass is 15.3. The van der Waals surface area contributed by atoms with Crippen molar-refractivity contribution in [3.63, 3.8) is 0 Å². The maximum absolute atomic E-state index is 3.79. The zero-order chi connectivity index (χ0) is 14.1. The molecular formula is C18H34N2. The van der Waals surface area contributed by atoms with E-state index in [4.69, 9.17) is 0 Å². The molecule has 2 saturated carbocycles. The molecule has 3 rings (SSSR count). The van der Waals surface area contributed by atoms with E-state index in [0.717, 1.165) is 35.9 Å². The quantitative estimate of drug-likeness (QED) is 0.825. The zero-order valence-electron chi connectivity index (χ0n) is 13.8. The van der Waals surface area contributed by atoms with Gasteiger partial charge in [-0.2, -0.15) is 0 Å². The molecule has 0 aromatic heterocycles. The Bertz CT molecular complexity index is 317. The van der Waals surface area contributed by atoms with E-state index in [1.165, 1.54) is 51.6 Å². The molecule has 3 fully saturated rings. The smallest absolute Gasteiger partial charge is 0.0221 e. The van der Waals surface area contributed by atoms with Crippen LogP contribution in [-0.2, 0) is 0 Å². The van der Waals surface area contributed by atoms with Crippen molar-refractivity contribution < 1.29 is 0 Å². The SMILES string of the molecule is CCCC1CN(C(C)C2CC3CCC2C3)C(CC)CN1. The average molecular weight is 278 g/mol. The highest BCUT2D eigenvalue weighted by Crippen LogP contribution is 2.50. The lowest BCUT2D eigenvalue weighted by molar-refractivity contribution is 0.0401. The van der Waals surface area contributed by atoms with E-state index in [1.807, 2.05) is 0 Å². The van der Waals surface area contributed by atoms with Crippen LogP contribution >= 0.6 is 0 Å². The summed E-state index contributed by atoms with van der Waals surface area (Å²) < 4.78 is 0. The van der Waals surface area contributed by atoms with Gasteiger partial charge in [0, 0.05) is 31.2 Å². The minimum atomic E-state index is 0.740. The third kappa shape index (κ3) is 2.78. The number of nitrogens with zero attached hydrogens (tertiary/aromatic N) is 1. The summed E-state index contributed by atoms with van der Waals surface area (Å²) in [5.41, 5.74) is 0. The van der Waals surface area contributed by atoms with Crippen molar-refractivity contribution in [3.05, 3.63) is 0 Å². The molecule has 2 aliphatic carbocycles. The minimum Gasteiger partial charge on any atom is -0.311 e. The van der Waals surface area contributed by atoms with Crippen LogP contribution in [0.1, 0.15) is 65.7 Å². The van der Waals surface area contributed by atoms with E-state index in [0.29, 0.717) is 0 Å². The van der Waals surface area contributed by atoms with Crippen LogP contribution in [0, 0.1) is 17.8 Å². The molecule has 1 heterocycles. The maximum atomic E-state index is 3.79. The predicted molar refractivity (Wildman–Crippen MR) is 85.9 cm³/mol. The van der Waals surface area contributed by atoms with E-state index < -0.39 is 0 Å². The Balaban J connectivity index is 1.65. The highest BCUT2D eigenvalue weighted by Gasteiger charge is 2.44. The van der Waals surface area contributed by atoms with Gasteiger partial charge in [0.15, 0.2) is 0 Å². The van der Waals surface area contributed by atoms with Gasteiger partial charge in [-0.15, -0.1) is 0 Å². The van der Waals surface area contributed by atoms with E-state index in [2.05, 4.69) is 31.0 Å². The number of hydrogen-bond donors (Lipinski definition) is 1. The fourth-order valence-electron chi connectivity index (χ4n) is 5.44. The van der Waals surface area contributed by atoms with Crippen LogP contribution in [0.25, 0.3) is 0 Å². The lowest BCUT2D eigenvalue weighted by atomic mass is 9.82. The second-order valence-corrected chi connectivity index (χ2v) is 7.73. The van der Waals surface area contributed by atoms with Crippen molar-refractivity contribution in [1.29, 1.82) is 0 Å². The van der Waals surface area contributed by atoms with Gasteiger partial charge in [0.25, 0.3) is 0 Å². The van der Waals surface area contributed by atoms with Crippen molar-refractivity contribution in [3.8, 4) is 0 Å². The molecule has 2 heteroatoms. The Morgan fingerprint density at radius 1 is 1.20 bits per heavy atom. The van der Waals surface area contributed by atoms with Gasteiger partial charge in [-0.1, -0.05) is 26.7 Å². The lowest BCUT2D eigenvalue weighted by Gasteiger charge is -2.46. The van der Waals surface area contributed by atoms with Crippen LogP contribution < -0.4 is 5.32 Å². The van der Waals surface area contributed by atoms with Gasteiger partial charge < -0.3 is 5.32 Å². The molecule has 0 radical (unpaired) electrons. The summed E-state index contributed by atoms with van der Waals surface area (Å²) in [4.78, 5) is 2.89. The summed E-state index contributed by atoms with van der Waals surface area (Å²) >= 11 is 0. The summed E-state index contributed by atoms with van der Waals surface area (Å²) in [5, 5.41) is 3.79. The molecule has 1 saturated heterocycles. The third-order valence-corrected chi connectivity index (χ3v) is 6.59. The van der Waals surface area contributed by atoms with Crippen LogP contribution in [0.5, 0.6) is 0 Å². The molecule has 116 valence electrons. The van der Waals surface area contributed by atoms with Gasteiger partial charge in [0.2, 0.25) is 0 Å². The lowest BCUT2D eigenvalue weighted by Crippen LogP contribution is -2.60. The van der Waals surface area contributed by atoms with Crippen molar-refractivity contribution >= 4 is 0 Å². The molecule has 6 atom stereocenters. The van der Waals surface area contributed by atoms with E-state index in [1.54, 1.807) is 6.42 Å². The number of rotatable bonds is 5. The maximum Gasteiger partial charge on any atom is 0.0221 e. The summed E-state index contributed by atoms with van der Waals surface area (Å²) in [6, 6.07) is 2.33. The van der Waals surface area contributed by atoms with Crippen LogP contribution in [-0.4, -0.2) is 36.1 Å². The Hall–Kier alpha value is -0.0800. The second-order valence-electron chi connectivity index (χ2n) is 7.73. The summed E-state index contributed by atoms with van der Waals surface area (Å²) in [5.74, 6) is 3.15. The molecule has 1 N–H and O–H groups in total. The topological polar surface area (TPSA) is 15.3 Å². The van der Waals surface area contributed by atoms with Crippen molar-refractivity contribution in [2.24, 2.45) is 17.8 Å². The molecule has 20 heavy (non-hydrogen) atoms. The molecule has 3 aliphatic rings. The fourth-order valence-corrected chi connectivity index (χ4v) is 5.44. The normalized spacial score (nSPS) is 43.0. The van der Waals surface area contributed by atoms with Gasteiger partial charge in [0.05, 0.1) is 0 Å². The van der Waals surface area contributed by atoms with Gasteiger partial charge in [-0.25, -0.2) is 0 Å². The molecule has 0 amide bonds. The second kappa shape index (κ2) is 6.36. The Morgan fingerprint density at radius 2 is 2.05 bits per heavy atom. The number of nitrogens with one attached hydrogen (secondary N) is 1. The van der Waals surface area contributed by atoms with Crippen molar-refractivity contribution in [2.75, 3.05) is 13.1 Å². The van der Waals surface area contributed by atoms with E-state index >= 15 is 0 Å². The largest absolute Gasteiger partial charge is 0.311 e. The number of piperazine rings is 1. The zero-order valence-corrected chi connectivity index (χ0v) is 13.8. The molecule has 0 aromatic carbocycles. The van der Waals surface area contributed by atoms with E-state index in [-0.39, 0.29) is 0 Å². The molecule has 2 bridgehead atoms. The molecular weight excluding hydrogens is 244 g/mol. The monoisotopic (exact) mass is 278 g/mol. The summed E-state index contributed by atoms with van der Waals surface area (Å²) in [6.07, 6.45) is 10.1. The van der Waals surface area contributed by atoms with Crippen LogP contribution in [0.2, 0.25) is 0 Å². The first kappa shape index (κ1) is 14.8. The Morgan fingerprint density at radius 3 is 2.65 bits per heavy atom. The molecule has 0 aromatic rings. The Kier molecular flexibility index (Phi) is 4.72. The molecule has 0 spiro atoms. The van der Waals surface area contributed by atoms with Crippen LogP contribution in [0.4, 0.5) is 0 Å². The van der Waals surface area contributed by atoms with Crippen LogP contribution in [0.15, 0.2) is 0 Å². The molecule has 6 unspecified atom stereocenters. The first-order valence-electron chi connectivity index (χ1n) is 9.22. The highest BCUT2D eigenvalue weighted by molar-refractivity contribution is 4.97. The average Bonchev–Trinajstić information content (AvgIpc) is 3.09. The number of hydrogen-bond acceptors (Lipinski definition) is 2. The predicted octanol–water partition coefficient (Wildman–Crippen LogP) is 3.66. The summed E-state index contributed by atoms with van der Waals surface area (Å²) in [6.45, 7) is 9.74. The Labute approximate surface area is 125 Å². The van der Waals surface area contributed by atoms with Gasteiger partial charge in [0.1, 0.15) is 0 Å². The fraction of sp³-hybridized carbons (Fsp3) is 1.00. The first-order valence-corrected chi connectivity index (χ1v) is 9.22. The molecule has 1 aliphatic heterocycles.